The monoisotopic (exact) mass is 363 g/mol. The van der Waals surface area contributed by atoms with E-state index in [-0.39, 0.29) is 0 Å². The Balaban J connectivity index is 1.78. The number of halogens is 1. The average Bonchev–Trinajstić information content (AvgIpc) is 3.28. The van der Waals surface area contributed by atoms with Crippen molar-refractivity contribution in [1.82, 2.24) is 4.57 Å². The van der Waals surface area contributed by atoms with Crippen molar-refractivity contribution in [2.24, 2.45) is 0 Å². The van der Waals surface area contributed by atoms with Gasteiger partial charge >= 0.3 is 0 Å². The second-order valence-electron chi connectivity index (χ2n) is 6.07. The first kappa shape index (κ1) is 16.6. The molecule has 4 aromatic rings. The van der Waals surface area contributed by atoms with Gasteiger partial charge in [0.15, 0.2) is 5.76 Å². The number of aryl methyl sites for hydroxylation is 1. The van der Waals surface area contributed by atoms with Crippen LogP contribution in [0.15, 0.2) is 77.2 Å². The zero-order valence-electron chi connectivity index (χ0n) is 14.6. The summed E-state index contributed by atoms with van der Waals surface area (Å²) < 4.78 is 13.7. The Kier molecular flexibility index (Phi) is 4.31. The molecule has 2 heterocycles. The minimum Gasteiger partial charge on any atom is -0.497 e. The summed E-state index contributed by atoms with van der Waals surface area (Å²) in [6.45, 7) is 2.07. The van der Waals surface area contributed by atoms with Crippen molar-refractivity contribution < 1.29 is 9.15 Å². The molecule has 4 rings (SSSR count). The number of rotatable bonds is 4. The molecule has 0 aliphatic rings. The van der Waals surface area contributed by atoms with Crippen molar-refractivity contribution in [3.63, 3.8) is 0 Å². The number of furan rings is 1. The van der Waals surface area contributed by atoms with E-state index in [0.717, 1.165) is 39.9 Å². The molecule has 0 saturated carbocycles. The highest BCUT2D eigenvalue weighted by molar-refractivity contribution is 6.30. The van der Waals surface area contributed by atoms with Crippen molar-refractivity contribution in [1.29, 1.82) is 0 Å². The molecule has 0 saturated heterocycles. The highest BCUT2D eigenvalue weighted by Gasteiger charge is 2.14. The van der Waals surface area contributed by atoms with Crippen molar-refractivity contribution in [2.45, 2.75) is 6.92 Å². The molecule has 0 unspecified atom stereocenters. The van der Waals surface area contributed by atoms with Crippen molar-refractivity contribution >= 4 is 11.6 Å². The molecular weight excluding hydrogens is 346 g/mol. The summed E-state index contributed by atoms with van der Waals surface area (Å²) in [5.41, 5.74) is 4.10. The summed E-state index contributed by atoms with van der Waals surface area (Å²) in [4.78, 5) is 0. The predicted octanol–water partition coefficient (Wildman–Crippen LogP) is 6.37. The summed E-state index contributed by atoms with van der Waals surface area (Å²) in [7, 11) is 1.67. The van der Waals surface area contributed by atoms with Crippen molar-refractivity contribution in [2.75, 3.05) is 7.11 Å². The fraction of sp³-hybridized carbons (Fsp3) is 0.0909. The van der Waals surface area contributed by atoms with Gasteiger partial charge in [0, 0.05) is 28.0 Å². The van der Waals surface area contributed by atoms with Gasteiger partial charge < -0.3 is 13.7 Å². The molecule has 0 aliphatic carbocycles. The van der Waals surface area contributed by atoms with Crippen LogP contribution in [0.1, 0.15) is 5.69 Å². The van der Waals surface area contributed by atoms with Crippen LogP contribution in [0, 0.1) is 6.92 Å². The number of aromatic nitrogens is 1. The minimum atomic E-state index is 0.691. The lowest BCUT2D eigenvalue weighted by Gasteiger charge is -2.12. The fourth-order valence-corrected chi connectivity index (χ4v) is 3.29. The van der Waals surface area contributed by atoms with Crippen molar-refractivity contribution in [3.05, 3.63) is 83.5 Å². The van der Waals surface area contributed by atoms with Crippen LogP contribution in [0.25, 0.3) is 28.5 Å². The third-order valence-electron chi connectivity index (χ3n) is 4.36. The number of benzene rings is 2. The normalized spacial score (nSPS) is 10.9. The second kappa shape index (κ2) is 6.77. The molecule has 0 radical (unpaired) electrons. The first-order valence-corrected chi connectivity index (χ1v) is 8.72. The minimum absolute atomic E-state index is 0.691. The highest BCUT2D eigenvalue weighted by atomic mass is 35.5. The Hall–Kier alpha value is -2.91. The lowest BCUT2D eigenvalue weighted by atomic mass is 10.2. The maximum absolute atomic E-state index is 6.13. The fourth-order valence-electron chi connectivity index (χ4n) is 3.10. The molecule has 0 N–H and O–H groups in total. The lowest BCUT2D eigenvalue weighted by molar-refractivity contribution is 0.414. The Morgan fingerprint density at radius 3 is 2.50 bits per heavy atom. The summed E-state index contributed by atoms with van der Waals surface area (Å²) in [6.07, 6.45) is 0. The SMILES string of the molecule is COc1cccc(-n2c(C)ccc2-c2ccc(-c3cccc(Cl)c3)o2)c1. The van der Waals surface area contributed by atoms with E-state index in [1.54, 1.807) is 7.11 Å². The van der Waals surface area contributed by atoms with Crippen LogP contribution in [0.3, 0.4) is 0 Å². The summed E-state index contributed by atoms with van der Waals surface area (Å²) in [5, 5.41) is 0.691. The largest absolute Gasteiger partial charge is 0.497 e. The quantitative estimate of drug-likeness (QED) is 0.421. The standard InChI is InChI=1S/C22H18ClNO2/c1-15-9-10-20(24(15)18-7-4-8-19(14-18)25-2)22-12-11-21(26-22)16-5-3-6-17(23)13-16/h3-14H,1-2H3. The molecule has 3 nitrogen and oxygen atoms in total. The molecule has 2 aromatic heterocycles. The molecule has 0 atom stereocenters. The van der Waals surface area contributed by atoms with E-state index in [1.165, 1.54) is 0 Å². The lowest BCUT2D eigenvalue weighted by Crippen LogP contribution is -1.98. The Morgan fingerprint density at radius 1 is 0.885 bits per heavy atom. The number of methoxy groups -OCH3 is 1. The van der Waals surface area contributed by atoms with Gasteiger partial charge in [0.05, 0.1) is 12.8 Å². The van der Waals surface area contributed by atoms with E-state index in [4.69, 9.17) is 20.8 Å². The Bertz CT molecular complexity index is 1060. The van der Waals surface area contributed by atoms with Gasteiger partial charge in [0.1, 0.15) is 11.5 Å². The molecule has 0 spiro atoms. The van der Waals surface area contributed by atoms with E-state index in [2.05, 4.69) is 29.7 Å². The third kappa shape index (κ3) is 3.02. The molecule has 4 heteroatoms. The van der Waals surface area contributed by atoms with Gasteiger partial charge in [0.25, 0.3) is 0 Å². The molecule has 0 aliphatic heterocycles. The van der Waals surface area contributed by atoms with Crippen molar-refractivity contribution in [3.8, 4) is 34.2 Å². The average molecular weight is 364 g/mol. The summed E-state index contributed by atoms with van der Waals surface area (Å²) >= 11 is 6.10. The zero-order chi connectivity index (χ0) is 18.1. The Morgan fingerprint density at radius 2 is 1.69 bits per heavy atom. The molecule has 0 amide bonds. The van der Waals surface area contributed by atoms with Crippen LogP contribution >= 0.6 is 11.6 Å². The van der Waals surface area contributed by atoms with Crippen LogP contribution in [0.5, 0.6) is 5.75 Å². The maximum Gasteiger partial charge on any atom is 0.151 e. The van der Waals surface area contributed by atoms with Gasteiger partial charge in [-0.15, -0.1) is 0 Å². The summed E-state index contributed by atoms with van der Waals surface area (Å²) in [5.74, 6) is 2.41. The van der Waals surface area contributed by atoms with Gasteiger partial charge in [-0.05, 0) is 55.5 Å². The molecule has 0 bridgehead atoms. The molecule has 130 valence electrons. The van der Waals surface area contributed by atoms with Crippen LogP contribution in [-0.4, -0.2) is 11.7 Å². The van der Waals surface area contributed by atoms with Gasteiger partial charge in [-0.1, -0.05) is 29.8 Å². The first-order chi connectivity index (χ1) is 12.7. The summed E-state index contributed by atoms with van der Waals surface area (Å²) in [6, 6.07) is 23.7. The number of nitrogens with zero attached hydrogens (tertiary/aromatic N) is 1. The zero-order valence-corrected chi connectivity index (χ0v) is 15.3. The smallest absolute Gasteiger partial charge is 0.151 e. The van der Waals surface area contributed by atoms with E-state index in [1.807, 2.05) is 54.6 Å². The van der Waals surface area contributed by atoms with E-state index in [0.29, 0.717) is 5.02 Å². The van der Waals surface area contributed by atoms with Gasteiger partial charge in [-0.25, -0.2) is 0 Å². The second-order valence-corrected chi connectivity index (χ2v) is 6.51. The van der Waals surface area contributed by atoms with E-state index < -0.39 is 0 Å². The number of hydrogen-bond acceptors (Lipinski definition) is 2. The Labute approximate surface area is 157 Å². The molecule has 0 fully saturated rings. The van der Waals surface area contributed by atoms with Crippen LogP contribution in [-0.2, 0) is 0 Å². The predicted molar refractivity (Wildman–Crippen MR) is 105 cm³/mol. The van der Waals surface area contributed by atoms with Crippen LogP contribution in [0.4, 0.5) is 0 Å². The first-order valence-electron chi connectivity index (χ1n) is 8.34. The number of hydrogen-bond donors (Lipinski definition) is 0. The topological polar surface area (TPSA) is 27.3 Å². The highest BCUT2D eigenvalue weighted by Crippen LogP contribution is 2.33. The van der Waals surface area contributed by atoms with E-state index >= 15 is 0 Å². The maximum atomic E-state index is 6.13. The molecule has 26 heavy (non-hydrogen) atoms. The molecule has 2 aromatic carbocycles. The van der Waals surface area contributed by atoms with Crippen LogP contribution in [0.2, 0.25) is 5.02 Å². The van der Waals surface area contributed by atoms with E-state index in [9.17, 15) is 0 Å². The van der Waals surface area contributed by atoms with Gasteiger partial charge in [-0.3, -0.25) is 0 Å². The number of ether oxygens (including phenoxy) is 1. The van der Waals surface area contributed by atoms with Gasteiger partial charge in [0.2, 0.25) is 0 Å². The third-order valence-corrected chi connectivity index (χ3v) is 4.59. The van der Waals surface area contributed by atoms with Crippen LogP contribution < -0.4 is 4.74 Å². The van der Waals surface area contributed by atoms with Gasteiger partial charge in [-0.2, -0.15) is 0 Å². The molecular formula is C22H18ClNO2.